The molecule has 1 heterocycles. The molecule has 7 heteroatoms. The van der Waals surface area contributed by atoms with Crippen LogP contribution in [-0.4, -0.2) is 22.9 Å². The summed E-state index contributed by atoms with van der Waals surface area (Å²) in [5, 5.41) is 5.52. The molecule has 6 nitrogen and oxygen atoms in total. The van der Waals surface area contributed by atoms with E-state index in [1.807, 2.05) is 6.07 Å². The van der Waals surface area contributed by atoms with E-state index in [-0.39, 0.29) is 11.7 Å². The molecule has 0 aliphatic carbocycles. The fourth-order valence-corrected chi connectivity index (χ4v) is 2.58. The van der Waals surface area contributed by atoms with E-state index in [9.17, 15) is 14.0 Å². The maximum atomic E-state index is 13.0. The molecular weight excluding hydrogens is 373 g/mol. The number of ether oxygens (including phenoxy) is 1. The SMILES string of the molecule is C[C@H](Oc1ccc(F)cc1)C(=O)Nc1ccccc1C(=O)NCc1cccnc1. The molecule has 148 valence electrons. The predicted octanol–water partition coefficient (Wildman–Crippen LogP) is 3.56. The van der Waals surface area contributed by atoms with E-state index >= 15 is 0 Å². The number of aromatic nitrogens is 1. The summed E-state index contributed by atoms with van der Waals surface area (Å²) in [6, 6.07) is 15.7. The highest BCUT2D eigenvalue weighted by molar-refractivity contribution is 6.04. The zero-order valence-electron chi connectivity index (χ0n) is 15.8. The lowest BCUT2D eigenvalue weighted by molar-refractivity contribution is -0.122. The number of para-hydroxylation sites is 1. The summed E-state index contributed by atoms with van der Waals surface area (Å²) in [7, 11) is 0. The van der Waals surface area contributed by atoms with Gasteiger partial charge in [-0.05, 0) is 55.0 Å². The number of carbonyl (C=O) groups excluding carboxylic acids is 2. The van der Waals surface area contributed by atoms with Crippen LogP contribution in [0, 0.1) is 5.82 Å². The van der Waals surface area contributed by atoms with Crippen LogP contribution >= 0.6 is 0 Å². The molecule has 0 spiro atoms. The Hall–Kier alpha value is -3.74. The average molecular weight is 393 g/mol. The first-order valence-electron chi connectivity index (χ1n) is 9.02. The molecule has 3 aromatic rings. The van der Waals surface area contributed by atoms with Gasteiger partial charge in [0.1, 0.15) is 11.6 Å². The fourth-order valence-electron chi connectivity index (χ4n) is 2.58. The number of benzene rings is 2. The number of nitrogens with one attached hydrogen (secondary N) is 2. The molecule has 0 bridgehead atoms. The molecule has 29 heavy (non-hydrogen) atoms. The van der Waals surface area contributed by atoms with E-state index in [2.05, 4.69) is 15.6 Å². The van der Waals surface area contributed by atoms with Crippen LogP contribution in [0.3, 0.4) is 0 Å². The van der Waals surface area contributed by atoms with Crippen molar-refractivity contribution in [1.29, 1.82) is 0 Å². The van der Waals surface area contributed by atoms with Gasteiger partial charge in [0.05, 0.1) is 11.3 Å². The van der Waals surface area contributed by atoms with E-state index in [0.717, 1.165) is 5.56 Å². The molecule has 0 saturated heterocycles. The molecule has 0 radical (unpaired) electrons. The fraction of sp³-hybridized carbons (Fsp3) is 0.136. The van der Waals surface area contributed by atoms with Crippen molar-refractivity contribution >= 4 is 17.5 Å². The van der Waals surface area contributed by atoms with Gasteiger partial charge in [-0.25, -0.2) is 4.39 Å². The van der Waals surface area contributed by atoms with Gasteiger partial charge in [0.15, 0.2) is 6.10 Å². The summed E-state index contributed by atoms with van der Waals surface area (Å²) in [4.78, 5) is 29.1. The molecule has 0 aliphatic rings. The normalized spacial score (nSPS) is 11.4. The van der Waals surface area contributed by atoms with Crippen LogP contribution in [0.5, 0.6) is 5.75 Å². The summed E-state index contributed by atoms with van der Waals surface area (Å²) in [5.74, 6) is -0.768. The summed E-state index contributed by atoms with van der Waals surface area (Å²) >= 11 is 0. The number of carbonyl (C=O) groups is 2. The van der Waals surface area contributed by atoms with Gasteiger partial charge >= 0.3 is 0 Å². The minimum absolute atomic E-state index is 0.318. The summed E-state index contributed by atoms with van der Waals surface area (Å²) < 4.78 is 18.5. The van der Waals surface area contributed by atoms with Crippen molar-refractivity contribution in [3.05, 3.63) is 90.0 Å². The molecule has 2 N–H and O–H groups in total. The number of hydrogen-bond donors (Lipinski definition) is 2. The smallest absolute Gasteiger partial charge is 0.265 e. The van der Waals surface area contributed by atoms with Crippen molar-refractivity contribution in [3.63, 3.8) is 0 Å². The summed E-state index contributed by atoms with van der Waals surface area (Å²) in [6.07, 6.45) is 2.49. The van der Waals surface area contributed by atoms with E-state index in [1.165, 1.54) is 24.3 Å². The van der Waals surface area contributed by atoms with Crippen molar-refractivity contribution in [2.24, 2.45) is 0 Å². The molecule has 3 rings (SSSR count). The highest BCUT2D eigenvalue weighted by Gasteiger charge is 2.18. The lowest BCUT2D eigenvalue weighted by Gasteiger charge is -2.16. The van der Waals surface area contributed by atoms with Crippen molar-refractivity contribution in [3.8, 4) is 5.75 Å². The topological polar surface area (TPSA) is 80.3 Å². The highest BCUT2D eigenvalue weighted by atomic mass is 19.1. The standard InChI is InChI=1S/C22H20FN3O3/c1-15(29-18-10-8-17(23)9-11-18)21(27)26-20-7-3-2-6-19(20)22(28)25-14-16-5-4-12-24-13-16/h2-13,15H,14H2,1H3,(H,25,28)(H,26,27)/t15-/m0/s1. The largest absolute Gasteiger partial charge is 0.481 e. The lowest BCUT2D eigenvalue weighted by Crippen LogP contribution is -2.31. The Morgan fingerprint density at radius 3 is 2.55 bits per heavy atom. The van der Waals surface area contributed by atoms with Gasteiger partial charge in [0, 0.05) is 18.9 Å². The molecule has 2 aromatic carbocycles. The van der Waals surface area contributed by atoms with Gasteiger partial charge < -0.3 is 15.4 Å². The van der Waals surface area contributed by atoms with Crippen LogP contribution in [0.4, 0.5) is 10.1 Å². The Morgan fingerprint density at radius 1 is 1.07 bits per heavy atom. The number of anilines is 1. The van der Waals surface area contributed by atoms with Crippen LogP contribution < -0.4 is 15.4 Å². The van der Waals surface area contributed by atoms with Gasteiger partial charge in [-0.3, -0.25) is 14.6 Å². The minimum atomic E-state index is -0.841. The number of halogens is 1. The van der Waals surface area contributed by atoms with E-state index < -0.39 is 12.0 Å². The van der Waals surface area contributed by atoms with Crippen LogP contribution in [0.25, 0.3) is 0 Å². The molecule has 1 atom stereocenters. The number of hydrogen-bond acceptors (Lipinski definition) is 4. The number of amides is 2. The number of pyridine rings is 1. The van der Waals surface area contributed by atoms with Gasteiger partial charge in [0.2, 0.25) is 0 Å². The third kappa shape index (κ3) is 5.62. The van der Waals surface area contributed by atoms with E-state index in [4.69, 9.17) is 4.74 Å². The molecule has 0 fully saturated rings. The monoisotopic (exact) mass is 393 g/mol. The maximum absolute atomic E-state index is 13.0. The molecular formula is C22H20FN3O3. The number of rotatable bonds is 7. The molecule has 0 aliphatic heterocycles. The van der Waals surface area contributed by atoms with Gasteiger partial charge in [-0.1, -0.05) is 18.2 Å². The highest BCUT2D eigenvalue weighted by Crippen LogP contribution is 2.17. The first-order chi connectivity index (χ1) is 14.0. The summed E-state index contributed by atoms with van der Waals surface area (Å²) in [5.41, 5.74) is 1.57. The van der Waals surface area contributed by atoms with Crippen molar-refractivity contribution in [2.45, 2.75) is 19.6 Å². The minimum Gasteiger partial charge on any atom is -0.481 e. The summed E-state index contributed by atoms with van der Waals surface area (Å²) in [6.45, 7) is 1.89. The quantitative estimate of drug-likeness (QED) is 0.643. The zero-order chi connectivity index (χ0) is 20.6. The predicted molar refractivity (Wildman–Crippen MR) is 107 cm³/mol. The first-order valence-corrected chi connectivity index (χ1v) is 9.02. The molecule has 0 saturated carbocycles. The van der Waals surface area contributed by atoms with Crippen LogP contribution in [0.15, 0.2) is 73.1 Å². The zero-order valence-corrected chi connectivity index (χ0v) is 15.8. The van der Waals surface area contributed by atoms with Crippen LogP contribution in [0.2, 0.25) is 0 Å². The van der Waals surface area contributed by atoms with E-state index in [0.29, 0.717) is 23.5 Å². The second-order valence-electron chi connectivity index (χ2n) is 6.29. The van der Waals surface area contributed by atoms with Crippen molar-refractivity contribution in [2.75, 3.05) is 5.32 Å². The average Bonchev–Trinajstić information content (AvgIpc) is 2.74. The van der Waals surface area contributed by atoms with Crippen LogP contribution in [-0.2, 0) is 11.3 Å². The third-order valence-corrected chi connectivity index (χ3v) is 4.10. The Bertz CT molecular complexity index is 978. The third-order valence-electron chi connectivity index (χ3n) is 4.10. The van der Waals surface area contributed by atoms with Crippen molar-refractivity contribution < 1.29 is 18.7 Å². The second kappa shape index (κ2) is 9.45. The van der Waals surface area contributed by atoms with Gasteiger partial charge in [0.25, 0.3) is 11.8 Å². The van der Waals surface area contributed by atoms with Crippen LogP contribution in [0.1, 0.15) is 22.8 Å². The van der Waals surface area contributed by atoms with Crippen molar-refractivity contribution in [1.82, 2.24) is 10.3 Å². The Labute approximate surface area is 167 Å². The second-order valence-corrected chi connectivity index (χ2v) is 6.29. The maximum Gasteiger partial charge on any atom is 0.265 e. The number of nitrogens with zero attached hydrogens (tertiary/aromatic N) is 1. The Morgan fingerprint density at radius 2 is 1.83 bits per heavy atom. The Kier molecular flexibility index (Phi) is 6.52. The molecule has 1 aromatic heterocycles. The van der Waals surface area contributed by atoms with Gasteiger partial charge in [-0.15, -0.1) is 0 Å². The lowest BCUT2D eigenvalue weighted by atomic mass is 10.1. The first kappa shape index (κ1) is 20.0. The Balaban J connectivity index is 1.63. The van der Waals surface area contributed by atoms with E-state index in [1.54, 1.807) is 49.6 Å². The van der Waals surface area contributed by atoms with Gasteiger partial charge in [-0.2, -0.15) is 0 Å². The molecule has 0 unspecified atom stereocenters. The molecule has 2 amide bonds.